The van der Waals surface area contributed by atoms with Crippen LogP contribution in [-0.2, 0) is 6.54 Å². The number of ether oxygens (including phenoxy) is 1. The lowest BCUT2D eigenvalue weighted by atomic mass is 10.1. The Morgan fingerprint density at radius 1 is 1.26 bits per heavy atom. The second kappa shape index (κ2) is 6.25. The number of benzene rings is 1. The molecule has 3 rings (SSSR count). The summed E-state index contributed by atoms with van der Waals surface area (Å²) in [5.74, 6) is -0.359. The number of hydrogen-bond acceptors (Lipinski definition) is 5. The molecule has 2 aromatic heterocycles. The van der Waals surface area contributed by atoms with E-state index in [2.05, 4.69) is 9.72 Å². The highest BCUT2D eigenvalue weighted by atomic mass is 32.1. The van der Waals surface area contributed by atoms with Crippen molar-refractivity contribution in [2.24, 2.45) is 0 Å². The minimum atomic E-state index is -2.92. The molecule has 3 aromatic rings. The van der Waals surface area contributed by atoms with E-state index in [0.717, 1.165) is 0 Å². The molecule has 5 nitrogen and oxygen atoms in total. The van der Waals surface area contributed by atoms with Crippen LogP contribution in [0.4, 0.5) is 8.78 Å². The monoisotopic (exact) mass is 336 g/mol. The Morgan fingerprint density at radius 3 is 2.70 bits per heavy atom. The van der Waals surface area contributed by atoms with Gasteiger partial charge in [-0.25, -0.2) is 4.98 Å². The number of carbonyl (C=O) groups excluding carboxylic acids is 1. The Labute approximate surface area is 132 Å². The van der Waals surface area contributed by atoms with E-state index in [9.17, 15) is 18.4 Å². The van der Waals surface area contributed by atoms with Gasteiger partial charge >= 0.3 is 6.61 Å². The molecule has 0 N–H and O–H groups in total. The van der Waals surface area contributed by atoms with E-state index >= 15 is 0 Å². The van der Waals surface area contributed by atoms with E-state index in [1.54, 1.807) is 11.4 Å². The second-order valence-electron chi connectivity index (χ2n) is 4.64. The molecule has 0 saturated heterocycles. The average molecular weight is 336 g/mol. The summed E-state index contributed by atoms with van der Waals surface area (Å²) < 4.78 is 29.6. The third kappa shape index (κ3) is 3.26. The maximum Gasteiger partial charge on any atom is 0.387 e. The minimum Gasteiger partial charge on any atom is -0.435 e. The lowest BCUT2D eigenvalue weighted by Gasteiger charge is -2.07. The molecule has 8 heteroatoms. The van der Waals surface area contributed by atoms with Gasteiger partial charge < -0.3 is 4.74 Å². The summed E-state index contributed by atoms with van der Waals surface area (Å²) in [5, 5.41) is 2.22. The fourth-order valence-electron chi connectivity index (χ4n) is 2.07. The van der Waals surface area contributed by atoms with E-state index < -0.39 is 6.61 Å². The summed E-state index contributed by atoms with van der Waals surface area (Å²) in [7, 11) is 0. The molecule has 0 aliphatic heterocycles. The Bertz CT molecular complexity index is 903. The maximum absolute atomic E-state index is 12.2. The van der Waals surface area contributed by atoms with Crippen LogP contribution in [0.2, 0.25) is 0 Å². The molecule has 118 valence electrons. The van der Waals surface area contributed by atoms with Crippen LogP contribution in [0.3, 0.4) is 0 Å². The highest BCUT2D eigenvalue weighted by Gasteiger charge is 2.11. The van der Waals surface area contributed by atoms with Crippen molar-refractivity contribution in [1.29, 1.82) is 0 Å². The van der Waals surface area contributed by atoms with Gasteiger partial charge in [0, 0.05) is 5.56 Å². The number of thiophene rings is 1. The molecular formula is C15H10F2N2O3S. The zero-order valence-corrected chi connectivity index (χ0v) is 12.4. The van der Waals surface area contributed by atoms with Gasteiger partial charge in [0.25, 0.3) is 5.56 Å². The number of ketones is 1. The largest absolute Gasteiger partial charge is 0.435 e. The van der Waals surface area contributed by atoms with Crippen LogP contribution >= 0.6 is 11.3 Å². The number of Topliss-reactive ketones (excluding diaryl/α,β-unsaturated/α-hetero) is 1. The standard InChI is InChI=1S/C15H10F2N2O3S/c16-15(17)22-10-3-1-9(2-4-10)12(20)7-19-8-18-13-11(14(19)21)5-6-23-13/h1-6,8,15H,7H2. The molecule has 0 radical (unpaired) electrons. The Hall–Kier alpha value is -2.61. The molecule has 0 spiro atoms. The number of alkyl halides is 2. The molecule has 0 saturated carbocycles. The summed E-state index contributed by atoms with van der Waals surface area (Å²) in [5.41, 5.74) is 0.00573. The van der Waals surface area contributed by atoms with Crippen molar-refractivity contribution in [3.8, 4) is 5.75 Å². The van der Waals surface area contributed by atoms with E-state index in [1.165, 1.54) is 46.5 Å². The third-order valence-corrected chi connectivity index (χ3v) is 3.99. The zero-order valence-electron chi connectivity index (χ0n) is 11.6. The van der Waals surface area contributed by atoms with Crippen LogP contribution in [0.15, 0.2) is 46.8 Å². The molecule has 0 fully saturated rings. The molecule has 0 amide bonds. The second-order valence-corrected chi connectivity index (χ2v) is 5.54. The smallest absolute Gasteiger partial charge is 0.387 e. The van der Waals surface area contributed by atoms with Crippen LogP contribution in [-0.4, -0.2) is 21.9 Å². The van der Waals surface area contributed by atoms with Gasteiger partial charge in [0.15, 0.2) is 5.78 Å². The van der Waals surface area contributed by atoms with Crippen molar-refractivity contribution in [2.75, 3.05) is 0 Å². The highest BCUT2D eigenvalue weighted by Crippen LogP contribution is 2.16. The fraction of sp³-hybridized carbons (Fsp3) is 0.133. The van der Waals surface area contributed by atoms with Gasteiger partial charge in [-0.15, -0.1) is 11.3 Å². The molecule has 2 heterocycles. The van der Waals surface area contributed by atoms with Crippen LogP contribution in [0.25, 0.3) is 10.2 Å². The first-order chi connectivity index (χ1) is 11.0. The predicted octanol–water partition coefficient (Wildman–Crippen LogP) is 2.94. The Morgan fingerprint density at radius 2 is 2.00 bits per heavy atom. The lowest BCUT2D eigenvalue weighted by Crippen LogP contribution is -2.24. The van der Waals surface area contributed by atoms with Crippen molar-refractivity contribution in [3.63, 3.8) is 0 Å². The van der Waals surface area contributed by atoms with Crippen molar-refractivity contribution in [3.05, 3.63) is 58.0 Å². The highest BCUT2D eigenvalue weighted by molar-refractivity contribution is 7.16. The molecule has 0 aliphatic rings. The predicted molar refractivity (Wildman–Crippen MR) is 81.3 cm³/mol. The topological polar surface area (TPSA) is 61.2 Å². The van der Waals surface area contributed by atoms with Crippen molar-refractivity contribution < 1.29 is 18.3 Å². The van der Waals surface area contributed by atoms with Gasteiger partial charge in [-0.05, 0) is 35.7 Å². The van der Waals surface area contributed by atoms with E-state index in [-0.39, 0.29) is 23.6 Å². The van der Waals surface area contributed by atoms with Gasteiger partial charge in [-0.2, -0.15) is 8.78 Å². The number of halogens is 2. The average Bonchev–Trinajstić information content (AvgIpc) is 2.99. The maximum atomic E-state index is 12.2. The molecule has 0 aliphatic carbocycles. The SMILES string of the molecule is O=C(Cn1cnc2sccc2c1=O)c1ccc(OC(F)F)cc1. The Balaban J connectivity index is 1.80. The summed E-state index contributed by atoms with van der Waals surface area (Å²) in [6.07, 6.45) is 1.33. The molecule has 23 heavy (non-hydrogen) atoms. The van der Waals surface area contributed by atoms with Crippen molar-refractivity contribution in [1.82, 2.24) is 9.55 Å². The first kappa shape index (κ1) is 15.3. The molecule has 0 atom stereocenters. The van der Waals surface area contributed by atoms with Crippen LogP contribution in [0.5, 0.6) is 5.75 Å². The van der Waals surface area contributed by atoms with Crippen LogP contribution in [0.1, 0.15) is 10.4 Å². The molecular weight excluding hydrogens is 326 g/mol. The number of carbonyl (C=O) groups is 1. The lowest BCUT2D eigenvalue weighted by molar-refractivity contribution is -0.0498. The summed E-state index contributed by atoms with van der Waals surface area (Å²) in [6.45, 7) is -3.09. The Kier molecular flexibility index (Phi) is 4.16. The fourth-order valence-corrected chi connectivity index (χ4v) is 2.80. The van der Waals surface area contributed by atoms with E-state index in [0.29, 0.717) is 15.8 Å². The number of rotatable bonds is 5. The normalized spacial score (nSPS) is 11.1. The molecule has 1 aromatic carbocycles. The number of nitrogens with zero attached hydrogens (tertiary/aromatic N) is 2. The van der Waals surface area contributed by atoms with E-state index in [4.69, 9.17) is 0 Å². The molecule has 0 bridgehead atoms. The van der Waals surface area contributed by atoms with Crippen LogP contribution in [0, 0.1) is 0 Å². The first-order valence-electron chi connectivity index (χ1n) is 6.55. The van der Waals surface area contributed by atoms with Crippen molar-refractivity contribution in [2.45, 2.75) is 13.2 Å². The van der Waals surface area contributed by atoms with Crippen LogP contribution < -0.4 is 10.3 Å². The summed E-state index contributed by atoms with van der Waals surface area (Å²) in [6, 6.07) is 6.97. The third-order valence-electron chi connectivity index (χ3n) is 3.17. The quantitative estimate of drug-likeness (QED) is 0.672. The zero-order chi connectivity index (χ0) is 16.4. The van der Waals surface area contributed by atoms with Gasteiger partial charge in [-0.1, -0.05) is 0 Å². The molecule has 0 unspecified atom stereocenters. The van der Waals surface area contributed by atoms with E-state index in [1.807, 2.05) is 0 Å². The number of hydrogen-bond donors (Lipinski definition) is 0. The minimum absolute atomic E-state index is 0.0323. The van der Waals surface area contributed by atoms with Crippen molar-refractivity contribution >= 4 is 27.3 Å². The van der Waals surface area contributed by atoms with Gasteiger partial charge in [0.05, 0.1) is 18.3 Å². The summed E-state index contributed by atoms with van der Waals surface area (Å²) >= 11 is 1.35. The number of aromatic nitrogens is 2. The van der Waals surface area contributed by atoms with Gasteiger partial charge in [0.2, 0.25) is 0 Å². The first-order valence-corrected chi connectivity index (χ1v) is 7.43. The number of fused-ring (bicyclic) bond motifs is 1. The summed E-state index contributed by atoms with van der Waals surface area (Å²) in [4.78, 5) is 29.1. The van der Waals surface area contributed by atoms with Gasteiger partial charge in [0.1, 0.15) is 10.6 Å². The van der Waals surface area contributed by atoms with Gasteiger partial charge in [-0.3, -0.25) is 14.2 Å².